The molecule has 1 amide bonds. The second-order valence-electron chi connectivity index (χ2n) is 3.64. The van der Waals surface area contributed by atoms with Crippen LogP contribution in [-0.2, 0) is 0 Å². The number of hydrogen-bond acceptors (Lipinski definition) is 1. The molecule has 0 aliphatic carbocycles. The number of H-pyrrole nitrogens is 1. The zero-order valence-electron chi connectivity index (χ0n) is 8.52. The summed E-state index contributed by atoms with van der Waals surface area (Å²) in [7, 11) is 0. The standard InChI is InChI=1S/C11H11FN2O/c1-5-3-7-4-8(11(13)15)14-10(7)9(12)6(5)2/h3-4,14H,1-2H3,(H2,13,15). The summed E-state index contributed by atoms with van der Waals surface area (Å²) < 4.78 is 13.8. The number of primary amides is 1. The van der Waals surface area contributed by atoms with Gasteiger partial charge in [0.2, 0.25) is 0 Å². The lowest BCUT2D eigenvalue weighted by Crippen LogP contribution is -2.10. The third kappa shape index (κ3) is 1.38. The first-order valence-corrected chi connectivity index (χ1v) is 4.59. The molecule has 0 aliphatic heterocycles. The first-order chi connectivity index (χ1) is 7.00. The molecule has 1 aromatic heterocycles. The maximum absolute atomic E-state index is 13.8. The van der Waals surface area contributed by atoms with Crippen molar-refractivity contribution in [1.82, 2.24) is 4.98 Å². The summed E-state index contributed by atoms with van der Waals surface area (Å²) in [6.07, 6.45) is 0. The SMILES string of the molecule is Cc1cc2cc(C(N)=O)[nH]c2c(F)c1C. The van der Waals surface area contributed by atoms with E-state index in [2.05, 4.69) is 4.98 Å². The lowest BCUT2D eigenvalue weighted by Gasteiger charge is -2.02. The molecular formula is C11H11FN2O. The Bertz CT molecular complexity index is 557. The largest absolute Gasteiger partial charge is 0.364 e. The molecule has 1 aromatic carbocycles. The molecule has 0 aliphatic rings. The number of rotatable bonds is 1. The smallest absolute Gasteiger partial charge is 0.265 e. The van der Waals surface area contributed by atoms with Crippen molar-refractivity contribution in [2.75, 3.05) is 0 Å². The maximum Gasteiger partial charge on any atom is 0.265 e. The Morgan fingerprint density at radius 2 is 2.07 bits per heavy atom. The van der Waals surface area contributed by atoms with Crippen molar-refractivity contribution in [1.29, 1.82) is 0 Å². The Morgan fingerprint density at radius 1 is 1.40 bits per heavy atom. The average molecular weight is 206 g/mol. The number of halogens is 1. The van der Waals surface area contributed by atoms with Crippen LogP contribution in [-0.4, -0.2) is 10.9 Å². The summed E-state index contributed by atoms with van der Waals surface area (Å²) in [6.45, 7) is 3.53. The van der Waals surface area contributed by atoms with E-state index in [4.69, 9.17) is 5.73 Å². The van der Waals surface area contributed by atoms with E-state index in [-0.39, 0.29) is 11.5 Å². The van der Waals surface area contributed by atoms with Crippen molar-refractivity contribution in [2.45, 2.75) is 13.8 Å². The van der Waals surface area contributed by atoms with Crippen LogP contribution >= 0.6 is 0 Å². The minimum Gasteiger partial charge on any atom is -0.364 e. The van der Waals surface area contributed by atoms with Crippen LogP contribution in [0.1, 0.15) is 21.6 Å². The molecule has 3 nitrogen and oxygen atoms in total. The third-order valence-electron chi connectivity index (χ3n) is 2.63. The lowest BCUT2D eigenvalue weighted by molar-refractivity contribution is 0.0996. The van der Waals surface area contributed by atoms with Gasteiger partial charge in [-0.15, -0.1) is 0 Å². The fourth-order valence-corrected chi connectivity index (χ4v) is 1.60. The van der Waals surface area contributed by atoms with Crippen molar-refractivity contribution in [3.05, 3.63) is 34.8 Å². The minimum atomic E-state index is -0.582. The highest BCUT2D eigenvalue weighted by Gasteiger charge is 2.12. The van der Waals surface area contributed by atoms with Gasteiger partial charge < -0.3 is 10.7 Å². The molecule has 0 atom stereocenters. The van der Waals surface area contributed by atoms with Crippen molar-refractivity contribution in [2.24, 2.45) is 5.73 Å². The number of carbonyl (C=O) groups is 1. The molecule has 0 radical (unpaired) electrons. The van der Waals surface area contributed by atoms with E-state index in [0.717, 1.165) is 5.56 Å². The molecule has 4 heteroatoms. The number of carbonyl (C=O) groups excluding carboxylic acids is 1. The molecule has 0 unspecified atom stereocenters. The van der Waals surface area contributed by atoms with Crippen LogP contribution < -0.4 is 5.73 Å². The van der Waals surface area contributed by atoms with Crippen LogP contribution in [0.2, 0.25) is 0 Å². The number of fused-ring (bicyclic) bond motifs is 1. The van der Waals surface area contributed by atoms with Gasteiger partial charge >= 0.3 is 0 Å². The van der Waals surface area contributed by atoms with Gasteiger partial charge in [-0.25, -0.2) is 4.39 Å². The van der Waals surface area contributed by atoms with E-state index in [1.54, 1.807) is 13.0 Å². The fraction of sp³-hybridized carbons (Fsp3) is 0.182. The normalized spacial score (nSPS) is 10.9. The second-order valence-corrected chi connectivity index (χ2v) is 3.64. The predicted octanol–water partition coefficient (Wildman–Crippen LogP) is 2.02. The summed E-state index contributed by atoms with van der Waals surface area (Å²) in [5.41, 5.74) is 7.12. The summed E-state index contributed by atoms with van der Waals surface area (Å²) in [4.78, 5) is 13.6. The average Bonchev–Trinajstić information content (AvgIpc) is 2.58. The molecule has 15 heavy (non-hydrogen) atoms. The Kier molecular flexibility index (Phi) is 2.00. The molecule has 0 saturated heterocycles. The fourth-order valence-electron chi connectivity index (χ4n) is 1.60. The van der Waals surface area contributed by atoms with Gasteiger partial charge in [-0.05, 0) is 37.1 Å². The molecule has 0 bridgehead atoms. The van der Waals surface area contributed by atoms with Gasteiger partial charge in [-0.1, -0.05) is 0 Å². The Labute approximate surface area is 86.1 Å². The highest BCUT2D eigenvalue weighted by Crippen LogP contribution is 2.24. The highest BCUT2D eigenvalue weighted by atomic mass is 19.1. The zero-order chi connectivity index (χ0) is 11.2. The molecule has 1 heterocycles. The number of amides is 1. The number of aryl methyl sites for hydroxylation is 1. The summed E-state index contributed by atoms with van der Waals surface area (Å²) in [5.74, 6) is -0.904. The van der Waals surface area contributed by atoms with E-state index in [1.165, 1.54) is 0 Å². The number of nitrogens with two attached hydrogens (primary N) is 1. The molecule has 3 N–H and O–H groups in total. The first kappa shape index (κ1) is 9.71. The third-order valence-corrected chi connectivity index (χ3v) is 2.63. The number of aromatic amines is 1. The zero-order valence-corrected chi connectivity index (χ0v) is 8.52. The maximum atomic E-state index is 13.8. The predicted molar refractivity (Wildman–Crippen MR) is 56.2 cm³/mol. The van der Waals surface area contributed by atoms with Crippen LogP contribution in [0.4, 0.5) is 4.39 Å². The van der Waals surface area contributed by atoms with E-state index in [1.807, 2.05) is 13.0 Å². The van der Waals surface area contributed by atoms with Gasteiger partial charge in [0.1, 0.15) is 11.5 Å². The van der Waals surface area contributed by atoms with Crippen LogP contribution in [0.5, 0.6) is 0 Å². The summed E-state index contributed by atoms with van der Waals surface area (Å²) in [6, 6.07) is 3.39. The summed E-state index contributed by atoms with van der Waals surface area (Å²) in [5, 5.41) is 0.671. The van der Waals surface area contributed by atoms with Gasteiger partial charge in [0, 0.05) is 5.39 Å². The lowest BCUT2D eigenvalue weighted by atomic mass is 10.1. The van der Waals surface area contributed by atoms with Crippen LogP contribution in [0.25, 0.3) is 10.9 Å². The van der Waals surface area contributed by atoms with Crippen molar-refractivity contribution in [3.8, 4) is 0 Å². The number of nitrogens with one attached hydrogen (secondary N) is 1. The Hall–Kier alpha value is -1.84. The monoisotopic (exact) mass is 206 g/mol. The van der Waals surface area contributed by atoms with E-state index < -0.39 is 5.91 Å². The van der Waals surface area contributed by atoms with Crippen LogP contribution in [0.15, 0.2) is 12.1 Å². The van der Waals surface area contributed by atoms with Crippen molar-refractivity contribution < 1.29 is 9.18 Å². The van der Waals surface area contributed by atoms with Crippen molar-refractivity contribution in [3.63, 3.8) is 0 Å². The molecule has 0 fully saturated rings. The van der Waals surface area contributed by atoms with Gasteiger partial charge in [0.05, 0.1) is 5.52 Å². The molecule has 2 rings (SSSR count). The highest BCUT2D eigenvalue weighted by molar-refractivity contribution is 5.97. The quantitative estimate of drug-likeness (QED) is 0.736. The molecule has 2 aromatic rings. The van der Waals surface area contributed by atoms with Crippen molar-refractivity contribution >= 4 is 16.8 Å². The van der Waals surface area contributed by atoms with Crippen LogP contribution in [0, 0.1) is 19.7 Å². The van der Waals surface area contributed by atoms with Gasteiger partial charge in [0.25, 0.3) is 5.91 Å². The molecule has 78 valence electrons. The van der Waals surface area contributed by atoms with Gasteiger partial charge in [-0.2, -0.15) is 0 Å². The number of benzene rings is 1. The molecule has 0 spiro atoms. The van der Waals surface area contributed by atoms with E-state index in [9.17, 15) is 9.18 Å². The molecular weight excluding hydrogens is 195 g/mol. The Morgan fingerprint density at radius 3 is 2.67 bits per heavy atom. The first-order valence-electron chi connectivity index (χ1n) is 4.59. The van der Waals surface area contributed by atoms with E-state index in [0.29, 0.717) is 16.5 Å². The van der Waals surface area contributed by atoms with Gasteiger partial charge in [-0.3, -0.25) is 4.79 Å². The molecule has 0 saturated carbocycles. The number of hydrogen-bond donors (Lipinski definition) is 2. The topological polar surface area (TPSA) is 58.9 Å². The summed E-state index contributed by atoms with van der Waals surface area (Å²) >= 11 is 0. The number of aromatic nitrogens is 1. The van der Waals surface area contributed by atoms with E-state index >= 15 is 0 Å². The Balaban J connectivity index is 2.82. The van der Waals surface area contributed by atoms with Gasteiger partial charge in [0.15, 0.2) is 0 Å². The minimum absolute atomic E-state index is 0.230. The second kappa shape index (κ2) is 3.08. The van der Waals surface area contributed by atoms with Crippen LogP contribution in [0.3, 0.4) is 0 Å².